The molecule has 23 N–H and O–H groups in total. The van der Waals surface area contributed by atoms with Gasteiger partial charge >= 0.3 is 5.97 Å². The van der Waals surface area contributed by atoms with Gasteiger partial charge in [-0.3, -0.25) is 62.5 Å². The van der Waals surface area contributed by atoms with Gasteiger partial charge in [0.15, 0.2) is 5.96 Å². The molecule has 0 aromatic carbocycles. The number of aliphatic hydroxyl groups excluding tert-OH is 2. The Balaban J connectivity index is 3.09. The third-order valence-corrected chi connectivity index (χ3v) is 12.0. The van der Waals surface area contributed by atoms with Crippen LogP contribution >= 0.6 is 0 Å². The summed E-state index contributed by atoms with van der Waals surface area (Å²) < 4.78 is 0. The summed E-state index contributed by atoms with van der Waals surface area (Å²) in [5, 5.41) is 52.9. The number of carboxylic acids is 1. The van der Waals surface area contributed by atoms with E-state index in [1.807, 2.05) is 5.32 Å². The average Bonchev–Trinajstić information content (AvgIpc) is 3.88. The SMILES string of the molecule is C[C@H](NC(=O)[C@H](C)NC(=O)[C@@H](N)CCCCN)C(=O)N[C@@H](CCCN=C(N)N)C(=O)N[C@@H](CCCCN)C(=O)N[C@@H](CO)C(=O)N[C@@H](C)C(=O)N1CCC[C@H]1C(=O)N[C@@H](C)C(=O)N[C@H](C(=O)NCC(=O)NCC(=O)O)[C@@H](C)O. The van der Waals surface area contributed by atoms with Crippen LogP contribution < -0.4 is 81.8 Å². The van der Waals surface area contributed by atoms with E-state index in [-0.39, 0.29) is 51.3 Å². The van der Waals surface area contributed by atoms with E-state index in [0.29, 0.717) is 45.1 Å². The summed E-state index contributed by atoms with van der Waals surface area (Å²) in [6.07, 6.45) is 1.35. The van der Waals surface area contributed by atoms with Crippen molar-refractivity contribution in [1.82, 2.24) is 58.1 Å². The fourth-order valence-corrected chi connectivity index (χ4v) is 7.50. The van der Waals surface area contributed by atoms with Crippen LogP contribution in [0.1, 0.15) is 98.8 Å². The maximum atomic E-state index is 13.9. The zero-order valence-corrected chi connectivity index (χ0v) is 44.9. The number of carboxylic acid groups (broad SMARTS) is 1. The van der Waals surface area contributed by atoms with Crippen LogP contribution in [0.2, 0.25) is 0 Å². The van der Waals surface area contributed by atoms with Crippen molar-refractivity contribution in [2.45, 2.75) is 165 Å². The molecule has 1 aliphatic rings. The second kappa shape index (κ2) is 35.9. The molecule has 0 aromatic rings. The van der Waals surface area contributed by atoms with Crippen LogP contribution in [0.4, 0.5) is 0 Å². The Hall–Kier alpha value is -7.29. The van der Waals surface area contributed by atoms with Crippen molar-refractivity contribution in [2.75, 3.05) is 45.9 Å². The number of hydrogen-bond acceptors (Lipinski definition) is 18. The van der Waals surface area contributed by atoms with Gasteiger partial charge in [0.25, 0.3) is 0 Å². The van der Waals surface area contributed by atoms with E-state index in [9.17, 15) is 67.7 Å². The number of rotatable bonds is 36. The Morgan fingerprint density at radius 3 is 1.62 bits per heavy atom. The van der Waals surface area contributed by atoms with Crippen LogP contribution in [-0.4, -0.2) is 210 Å². The minimum absolute atomic E-state index is 0.0301. The Bertz CT molecular complexity index is 2100. The number of nitrogens with one attached hydrogen (secondary N) is 10. The van der Waals surface area contributed by atoms with E-state index >= 15 is 0 Å². The molecule has 0 radical (unpaired) electrons. The van der Waals surface area contributed by atoms with Crippen molar-refractivity contribution >= 4 is 76.9 Å². The number of nitrogens with zero attached hydrogens (tertiary/aromatic N) is 2. The molecule has 11 atom stereocenters. The van der Waals surface area contributed by atoms with Gasteiger partial charge < -0.3 is 102 Å². The zero-order chi connectivity index (χ0) is 59.2. The minimum Gasteiger partial charge on any atom is -0.480 e. The molecule has 1 aliphatic heterocycles. The van der Waals surface area contributed by atoms with Gasteiger partial charge in [-0.05, 0) is 105 Å². The fourth-order valence-electron chi connectivity index (χ4n) is 7.50. The van der Waals surface area contributed by atoms with Crippen LogP contribution in [0.5, 0.6) is 0 Å². The highest BCUT2D eigenvalue weighted by Crippen LogP contribution is 2.19. The van der Waals surface area contributed by atoms with Crippen molar-refractivity contribution in [2.24, 2.45) is 33.7 Å². The molecule has 78 heavy (non-hydrogen) atoms. The summed E-state index contributed by atoms with van der Waals surface area (Å²) in [5.41, 5.74) is 28.0. The highest BCUT2D eigenvalue weighted by atomic mass is 16.4. The smallest absolute Gasteiger partial charge is 0.322 e. The van der Waals surface area contributed by atoms with Crippen molar-refractivity contribution in [3.8, 4) is 0 Å². The van der Waals surface area contributed by atoms with Crippen molar-refractivity contribution in [1.29, 1.82) is 0 Å². The van der Waals surface area contributed by atoms with Crippen molar-refractivity contribution in [3.05, 3.63) is 0 Å². The molecule has 0 bridgehead atoms. The third kappa shape index (κ3) is 25.2. The number of hydrogen-bond donors (Lipinski definition) is 18. The lowest BCUT2D eigenvalue weighted by Gasteiger charge is -2.29. The zero-order valence-electron chi connectivity index (χ0n) is 44.9. The number of carbonyl (C=O) groups excluding carboxylic acids is 11. The summed E-state index contributed by atoms with van der Waals surface area (Å²) in [4.78, 5) is 161. The van der Waals surface area contributed by atoms with Gasteiger partial charge in [-0.25, -0.2) is 0 Å². The first kappa shape index (κ1) is 68.7. The van der Waals surface area contributed by atoms with E-state index in [0.717, 1.165) is 4.90 Å². The molecule has 1 rings (SSSR count). The number of nitrogens with two attached hydrogens (primary N) is 5. The maximum absolute atomic E-state index is 13.9. The van der Waals surface area contributed by atoms with E-state index < -0.39 is 157 Å². The van der Waals surface area contributed by atoms with Gasteiger partial charge in [-0.1, -0.05) is 6.42 Å². The first-order chi connectivity index (χ1) is 36.7. The molecule has 1 saturated heterocycles. The topological polar surface area (TPSA) is 532 Å². The molecule has 442 valence electrons. The lowest BCUT2D eigenvalue weighted by molar-refractivity contribution is -0.142. The molecule has 11 amide bonds. The maximum Gasteiger partial charge on any atom is 0.322 e. The molecular formula is C46H83N17O15. The number of aliphatic imine (C=N–C) groups is 1. The molecule has 1 heterocycles. The number of guanidine groups is 1. The Morgan fingerprint density at radius 1 is 0.577 bits per heavy atom. The molecule has 1 fully saturated rings. The number of likely N-dealkylation sites (tertiary alicyclic amines) is 1. The summed E-state index contributed by atoms with van der Waals surface area (Å²) in [6.45, 7) is 4.84. The fraction of sp³-hybridized carbons (Fsp3) is 0.717. The number of amides is 11. The molecule has 0 unspecified atom stereocenters. The summed E-state index contributed by atoms with van der Waals surface area (Å²) >= 11 is 0. The molecule has 0 aromatic heterocycles. The first-order valence-electron chi connectivity index (χ1n) is 25.7. The normalized spacial score (nSPS) is 16.7. The van der Waals surface area contributed by atoms with Crippen molar-refractivity contribution in [3.63, 3.8) is 0 Å². The predicted octanol–water partition coefficient (Wildman–Crippen LogP) is -8.74. The monoisotopic (exact) mass is 1110 g/mol. The Labute approximate surface area is 451 Å². The average molecular weight is 1110 g/mol. The third-order valence-electron chi connectivity index (χ3n) is 12.0. The highest BCUT2D eigenvalue weighted by Gasteiger charge is 2.39. The number of aliphatic hydroxyl groups is 2. The number of carbonyl (C=O) groups is 12. The second-order valence-electron chi connectivity index (χ2n) is 18.7. The van der Waals surface area contributed by atoms with E-state index in [2.05, 4.69) is 52.8 Å². The van der Waals surface area contributed by atoms with Gasteiger partial charge in [0, 0.05) is 13.1 Å². The molecule has 0 spiro atoms. The Kier molecular flexibility index (Phi) is 31.7. The van der Waals surface area contributed by atoms with E-state index in [1.165, 1.54) is 34.6 Å². The summed E-state index contributed by atoms with van der Waals surface area (Å²) in [7, 11) is 0. The summed E-state index contributed by atoms with van der Waals surface area (Å²) in [6, 6.07) is -13.1. The highest BCUT2D eigenvalue weighted by molar-refractivity contribution is 5.99. The van der Waals surface area contributed by atoms with E-state index in [4.69, 9.17) is 33.8 Å². The number of aliphatic carboxylic acids is 1. The van der Waals surface area contributed by atoms with Crippen LogP contribution in [0, 0.1) is 0 Å². The van der Waals surface area contributed by atoms with Crippen LogP contribution in [0.3, 0.4) is 0 Å². The van der Waals surface area contributed by atoms with Gasteiger partial charge in [0.05, 0.1) is 25.3 Å². The lowest BCUT2D eigenvalue weighted by Crippen LogP contribution is -2.60. The first-order valence-corrected chi connectivity index (χ1v) is 25.7. The molecule has 32 heteroatoms. The van der Waals surface area contributed by atoms with Crippen LogP contribution in [0.25, 0.3) is 0 Å². The standard InChI is InChI=1S/C46H83N17O15/c1-23(56-39(72)28(49)12-6-8-16-47)36(69)55-24(2)37(70)59-30(14-10-18-52-46(50)51)40(73)60-29(13-7-9-17-48)41(74)61-31(22-64)42(75)58-26(4)45(78)63-19-11-15-32(63)43(76)57-25(3)38(71)62-35(27(5)65)44(77)54-20-33(66)53-21-34(67)68/h23-32,35,64-65H,6-22,47-49H2,1-5H3,(H,53,66)(H,54,77)(H,55,69)(H,56,72)(H,57,76)(H,58,75)(H,59,70)(H,60,73)(H,61,74)(H,62,71)(H,67,68)(H4,50,51,52)/t23-,24-,25-,26-,27+,28-,29-,30-,31-,32-,35-/m0/s1. The van der Waals surface area contributed by atoms with Gasteiger partial charge in [0.1, 0.15) is 60.9 Å². The van der Waals surface area contributed by atoms with Gasteiger partial charge in [0.2, 0.25) is 65.0 Å². The largest absolute Gasteiger partial charge is 0.480 e. The van der Waals surface area contributed by atoms with Gasteiger partial charge in [-0.15, -0.1) is 0 Å². The predicted molar refractivity (Wildman–Crippen MR) is 279 cm³/mol. The molecule has 0 saturated carbocycles. The molecule has 0 aliphatic carbocycles. The minimum atomic E-state index is -1.68. The lowest BCUT2D eigenvalue weighted by atomic mass is 10.1. The Morgan fingerprint density at radius 2 is 1.06 bits per heavy atom. The van der Waals surface area contributed by atoms with Crippen molar-refractivity contribution < 1.29 is 72.9 Å². The summed E-state index contributed by atoms with van der Waals surface area (Å²) in [5.74, 6) is -10.8. The van der Waals surface area contributed by atoms with E-state index in [1.54, 1.807) is 0 Å². The van der Waals surface area contributed by atoms with Gasteiger partial charge in [-0.2, -0.15) is 0 Å². The van der Waals surface area contributed by atoms with Crippen LogP contribution in [-0.2, 0) is 57.5 Å². The quantitative estimate of drug-likeness (QED) is 0.0157. The second-order valence-corrected chi connectivity index (χ2v) is 18.7. The van der Waals surface area contributed by atoms with Crippen LogP contribution in [0.15, 0.2) is 4.99 Å². The molecule has 32 nitrogen and oxygen atoms in total. The number of unbranched alkanes of at least 4 members (excludes halogenated alkanes) is 2. The molecular weight excluding hydrogens is 1030 g/mol.